The SMILES string of the molecule is O=[N+]([O-])c1ccc(S[C@@H]2SC[C@@H](O)[C@@H](O)[C@@H]2O)cc1. The molecule has 1 aliphatic rings. The van der Waals surface area contributed by atoms with E-state index < -0.39 is 23.2 Å². The number of aliphatic hydroxyl groups is 3. The minimum atomic E-state index is -1.16. The molecule has 1 aliphatic heterocycles. The van der Waals surface area contributed by atoms with E-state index in [9.17, 15) is 25.4 Å². The lowest BCUT2D eigenvalue weighted by Crippen LogP contribution is -2.47. The van der Waals surface area contributed by atoms with E-state index >= 15 is 0 Å². The molecule has 8 heteroatoms. The number of thioether (sulfide) groups is 2. The van der Waals surface area contributed by atoms with Gasteiger partial charge < -0.3 is 15.3 Å². The number of nitrogens with zero attached hydrogens (tertiary/aromatic N) is 1. The molecule has 19 heavy (non-hydrogen) atoms. The van der Waals surface area contributed by atoms with Crippen molar-refractivity contribution in [1.82, 2.24) is 0 Å². The summed E-state index contributed by atoms with van der Waals surface area (Å²) in [5, 5.41) is 39.4. The molecular weight excluding hydrogens is 290 g/mol. The Morgan fingerprint density at radius 3 is 2.42 bits per heavy atom. The molecule has 1 aromatic rings. The van der Waals surface area contributed by atoms with Gasteiger partial charge in [-0.05, 0) is 12.1 Å². The van der Waals surface area contributed by atoms with Crippen LogP contribution in [0.3, 0.4) is 0 Å². The molecule has 0 bridgehead atoms. The Hall–Kier alpha value is -0.800. The van der Waals surface area contributed by atoms with E-state index in [0.717, 1.165) is 4.90 Å². The van der Waals surface area contributed by atoms with E-state index in [1.54, 1.807) is 12.1 Å². The van der Waals surface area contributed by atoms with E-state index in [1.165, 1.54) is 35.7 Å². The van der Waals surface area contributed by atoms with E-state index in [-0.39, 0.29) is 10.3 Å². The third kappa shape index (κ3) is 3.40. The number of aliphatic hydroxyl groups excluding tert-OH is 3. The van der Waals surface area contributed by atoms with Crippen molar-refractivity contribution in [1.29, 1.82) is 0 Å². The second-order valence-electron chi connectivity index (χ2n) is 4.12. The molecule has 0 unspecified atom stereocenters. The quantitative estimate of drug-likeness (QED) is 0.561. The van der Waals surface area contributed by atoms with Crippen LogP contribution >= 0.6 is 23.5 Å². The van der Waals surface area contributed by atoms with Crippen LogP contribution in [0.15, 0.2) is 29.2 Å². The summed E-state index contributed by atoms with van der Waals surface area (Å²) in [5.74, 6) is 0.350. The first kappa shape index (κ1) is 14.6. The molecule has 0 spiro atoms. The van der Waals surface area contributed by atoms with Crippen molar-refractivity contribution in [3.8, 4) is 0 Å². The van der Waals surface area contributed by atoms with E-state index in [0.29, 0.717) is 5.75 Å². The van der Waals surface area contributed by atoms with Crippen LogP contribution in [0.5, 0.6) is 0 Å². The Morgan fingerprint density at radius 1 is 1.21 bits per heavy atom. The van der Waals surface area contributed by atoms with E-state index in [1.807, 2.05) is 0 Å². The number of non-ortho nitro benzene ring substituents is 1. The maximum Gasteiger partial charge on any atom is 0.269 e. The normalized spacial score (nSPS) is 31.1. The molecule has 0 saturated carbocycles. The summed E-state index contributed by atoms with van der Waals surface area (Å²) in [6.07, 6.45) is -3.11. The highest BCUT2D eigenvalue weighted by molar-refractivity contribution is 8.17. The van der Waals surface area contributed by atoms with Crippen molar-refractivity contribution in [2.24, 2.45) is 0 Å². The Bertz CT molecular complexity index is 455. The standard InChI is InChI=1S/C11H13NO5S2/c13-8-5-18-11(10(15)9(8)14)19-7-3-1-6(2-4-7)12(16)17/h1-4,8-11,13-15H,5H2/t8-,9-,10+,11+/m1/s1. The Labute approximate surface area is 118 Å². The highest BCUT2D eigenvalue weighted by Crippen LogP contribution is 2.38. The predicted molar refractivity (Wildman–Crippen MR) is 73.2 cm³/mol. The van der Waals surface area contributed by atoms with Gasteiger partial charge in [0.15, 0.2) is 0 Å². The van der Waals surface area contributed by atoms with Crippen LogP contribution in [0, 0.1) is 10.1 Å². The number of hydrogen-bond acceptors (Lipinski definition) is 7. The topological polar surface area (TPSA) is 104 Å². The predicted octanol–water partition coefficient (Wildman–Crippen LogP) is 0.842. The summed E-state index contributed by atoms with van der Waals surface area (Å²) in [4.78, 5) is 10.8. The molecule has 3 N–H and O–H groups in total. The van der Waals surface area contributed by atoms with Crippen LogP contribution in [0.4, 0.5) is 5.69 Å². The van der Waals surface area contributed by atoms with Gasteiger partial charge in [-0.1, -0.05) is 0 Å². The molecular formula is C11H13NO5S2. The van der Waals surface area contributed by atoms with Crippen LogP contribution < -0.4 is 0 Å². The van der Waals surface area contributed by atoms with Crippen LogP contribution in [-0.2, 0) is 0 Å². The second kappa shape index (κ2) is 6.10. The minimum absolute atomic E-state index is 0.0108. The summed E-state index contributed by atoms with van der Waals surface area (Å²) in [7, 11) is 0. The second-order valence-corrected chi connectivity index (χ2v) is 6.81. The highest BCUT2D eigenvalue weighted by atomic mass is 32.2. The number of hydrogen-bond donors (Lipinski definition) is 3. The fraction of sp³-hybridized carbons (Fsp3) is 0.455. The molecule has 0 amide bonds. The van der Waals surface area contributed by atoms with Gasteiger partial charge >= 0.3 is 0 Å². The zero-order valence-corrected chi connectivity index (χ0v) is 11.4. The van der Waals surface area contributed by atoms with Gasteiger partial charge in [0.1, 0.15) is 12.2 Å². The van der Waals surface area contributed by atoms with Crippen molar-refractivity contribution in [3.05, 3.63) is 34.4 Å². The summed E-state index contributed by atoms with van der Waals surface area (Å²) < 4.78 is -0.306. The first-order valence-corrected chi connectivity index (χ1v) is 7.49. The molecule has 0 aromatic heterocycles. The molecule has 1 aromatic carbocycles. The van der Waals surface area contributed by atoms with Crippen LogP contribution in [0.2, 0.25) is 0 Å². The van der Waals surface area contributed by atoms with Crippen LogP contribution in [0.25, 0.3) is 0 Å². The summed E-state index contributed by atoms with van der Waals surface area (Å²) in [5.41, 5.74) is 0.0108. The molecule has 0 radical (unpaired) electrons. The van der Waals surface area contributed by atoms with Gasteiger partial charge in [-0.25, -0.2) is 0 Å². The lowest BCUT2D eigenvalue weighted by atomic mass is 10.1. The maximum atomic E-state index is 10.5. The van der Waals surface area contributed by atoms with Crippen molar-refractivity contribution in [3.63, 3.8) is 0 Å². The van der Waals surface area contributed by atoms with Crippen LogP contribution in [0.1, 0.15) is 0 Å². The molecule has 1 saturated heterocycles. The highest BCUT2D eigenvalue weighted by Gasteiger charge is 2.37. The van der Waals surface area contributed by atoms with Gasteiger partial charge in [-0.15, -0.1) is 23.5 Å². The molecule has 104 valence electrons. The summed E-state index contributed by atoms with van der Waals surface area (Å²) in [6, 6.07) is 6.00. The van der Waals surface area contributed by atoms with Gasteiger partial charge in [-0.3, -0.25) is 10.1 Å². The van der Waals surface area contributed by atoms with Crippen molar-refractivity contribution >= 4 is 29.2 Å². The average Bonchev–Trinajstić information content (AvgIpc) is 2.40. The summed E-state index contributed by atoms with van der Waals surface area (Å²) >= 11 is 2.68. The average molecular weight is 303 g/mol. The maximum absolute atomic E-state index is 10.5. The molecule has 1 fully saturated rings. The number of benzene rings is 1. The van der Waals surface area contributed by atoms with E-state index in [4.69, 9.17) is 0 Å². The van der Waals surface area contributed by atoms with Crippen LogP contribution in [-0.4, -0.2) is 48.9 Å². The Kier molecular flexibility index (Phi) is 4.69. The molecule has 2 rings (SSSR count). The number of nitro groups is 1. The Balaban J connectivity index is 2.03. The fourth-order valence-electron chi connectivity index (χ4n) is 1.66. The first-order valence-electron chi connectivity index (χ1n) is 5.56. The third-order valence-corrected chi connectivity index (χ3v) is 5.65. The first-order chi connectivity index (χ1) is 8.99. The molecule has 6 nitrogen and oxygen atoms in total. The van der Waals surface area contributed by atoms with Gasteiger partial charge in [0.25, 0.3) is 5.69 Å². The zero-order valence-electron chi connectivity index (χ0n) is 9.75. The zero-order chi connectivity index (χ0) is 14.0. The number of rotatable bonds is 3. The van der Waals surface area contributed by atoms with Gasteiger partial charge in [0, 0.05) is 22.8 Å². The number of nitro benzene ring substituents is 1. The lowest BCUT2D eigenvalue weighted by Gasteiger charge is -2.34. The molecule has 4 atom stereocenters. The minimum Gasteiger partial charge on any atom is -0.389 e. The lowest BCUT2D eigenvalue weighted by molar-refractivity contribution is -0.384. The van der Waals surface area contributed by atoms with Gasteiger partial charge in [0.05, 0.1) is 15.6 Å². The van der Waals surface area contributed by atoms with Crippen molar-refractivity contribution in [2.75, 3.05) is 5.75 Å². The monoisotopic (exact) mass is 303 g/mol. The van der Waals surface area contributed by atoms with Crippen molar-refractivity contribution in [2.45, 2.75) is 27.8 Å². The Morgan fingerprint density at radius 2 is 1.84 bits per heavy atom. The van der Waals surface area contributed by atoms with Gasteiger partial charge in [0.2, 0.25) is 0 Å². The van der Waals surface area contributed by atoms with Crippen molar-refractivity contribution < 1.29 is 20.2 Å². The fourth-order valence-corrected chi connectivity index (χ4v) is 4.31. The molecule has 1 heterocycles. The third-order valence-electron chi connectivity index (χ3n) is 2.75. The summed E-state index contributed by atoms with van der Waals surface area (Å²) in [6.45, 7) is 0. The largest absolute Gasteiger partial charge is 0.389 e. The molecule has 0 aliphatic carbocycles. The smallest absolute Gasteiger partial charge is 0.269 e. The van der Waals surface area contributed by atoms with E-state index in [2.05, 4.69) is 0 Å². The van der Waals surface area contributed by atoms with Gasteiger partial charge in [-0.2, -0.15) is 0 Å².